The number of hydrogen-bond acceptors (Lipinski definition) is 1. The molecule has 19 heavy (non-hydrogen) atoms. The van der Waals surface area contributed by atoms with Crippen LogP contribution in [-0.2, 0) is 16.6 Å². The molecular weight excluding hydrogens is 236 g/mol. The van der Waals surface area contributed by atoms with Gasteiger partial charge in [0.1, 0.15) is 0 Å². The number of hydrogen-bond donors (Lipinski definition) is 1. The van der Waals surface area contributed by atoms with Crippen LogP contribution in [0.4, 0.5) is 0 Å². The van der Waals surface area contributed by atoms with Gasteiger partial charge in [0.15, 0.2) is 0 Å². The molecule has 1 atom stereocenters. The molecule has 1 N–H and O–H groups in total. The molecule has 0 radical (unpaired) electrons. The average molecular weight is 258 g/mol. The van der Waals surface area contributed by atoms with Gasteiger partial charge in [-0.15, -0.1) is 0 Å². The number of carboxylic acids is 1. The van der Waals surface area contributed by atoms with Crippen LogP contribution in [0, 0.1) is 12.8 Å². The van der Waals surface area contributed by atoms with Crippen molar-refractivity contribution in [3.8, 4) is 0 Å². The average Bonchev–Trinajstić information content (AvgIpc) is 2.40. The fourth-order valence-electron chi connectivity index (χ4n) is 4.30. The lowest BCUT2D eigenvalue weighted by molar-refractivity contribution is -0.145. The van der Waals surface area contributed by atoms with Gasteiger partial charge in [0.2, 0.25) is 0 Å². The Labute approximate surface area is 114 Å². The second-order valence-electron chi connectivity index (χ2n) is 6.31. The lowest BCUT2D eigenvalue weighted by atomic mass is 9.57. The summed E-state index contributed by atoms with van der Waals surface area (Å²) in [6, 6.07) is 6.64. The van der Waals surface area contributed by atoms with Crippen molar-refractivity contribution in [2.45, 2.75) is 57.3 Å². The second-order valence-corrected chi connectivity index (χ2v) is 6.31. The van der Waals surface area contributed by atoms with E-state index in [9.17, 15) is 9.90 Å². The molecule has 0 aromatic heterocycles. The van der Waals surface area contributed by atoms with Crippen LogP contribution in [-0.4, -0.2) is 11.1 Å². The van der Waals surface area contributed by atoms with Crippen molar-refractivity contribution in [2.24, 2.45) is 5.92 Å². The van der Waals surface area contributed by atoms with Crippen LogP contribution >= 0.6 is 0 Å². The molecule has 0 saturated heterocycles. The number of carboxylic acid groups (broad SMARTS) is 1. The van der Waals surface area contributed by atoms with E-state index in [1.54, 1.807) is 0 Å². The first-order valence-corrected chi connectivity index (χ1v) is 7.46. The van der Waals surface area contributed by atoms with E-state index in [-0.39, 0.29) is 11.3 Å². The number of aliphatic carboxylic acids is 1. The summed E-state index contributed by atoms with van der Waals surface area (Å²) in [6.07, 6.45) is 7.46. The minimum atomic E-state index is -0.589. The molecule has 0 heterocycles. The zero-order valence-corrected chi connectivity index (χ0v) is 11.6. The summed E-state index contributed by atoms with van der Waals surface area (Å²) >= 11 is 0. The van der Waals surface area contributed by atoms with Crippen LogP contribution in [0.15, 0.2) is 18.2 Å². The molecule has 1 aromatic rings. The van der Waals surface area contributed by atoms with E-state index < -0.39 is 5.97 Å². The first-order valence-electron chi connectivity index (χ1n) is 7.46. The first kappa shape index (κ1) is 12.7. The molecule has 2 nitrogen and oxygen atoms in total. The summed E-state index contributed by atoms with van der Waals surface area (Å²) < 4.78 is 0. The predicted octanol–water partition coefficient (Wildman–Crippen LogP) is 3.84. The Bertz CT molecular complexity index is 498. The van der Waals surface area contributed by atoms with Gasteiger partial charge < -0.3 is 5.11 Å². The fraction of sp³-hybridized carbons (Fsp3) is 0.588. The molecule has 0 aliphatic heterocycles. The third kappa shape index (κ3) is 1.98. The summed E-state index contributed by atoms with van der Waals surface area (Å²) in [5.74, 6) is -0.767. The highest BCUT2D eigenvalue weighted by atomic mass is 16.4. The van der Waals surface area contributed by atoms with Gasteiger partial charge in [0.25, 0.3) is 0 Å². The van der Waals surface area contributed by atoms with E-state index in [0.717, 1.165) is 25.7 Å². The van der Waals surface area contributed by atoms with Gasteiger partial charge in [0, 0.05) is 5.41 Å². The number of carbonyl (C=O) groups is 1. The van der Waals surface area contributed by atoms with Crippen molar-refractivity contribution in [1.82, 2.24) is 0 Å². The smallest absolute Gasteiger partial charge is 0.307 e. The normalized spacial score (nSPS) is 25.0. The van der Waals surface area contributed by atoms with Crippen LogP contribution in [0.2, 0.25) is 0 Å². The highest BCUT2D eigenvalue weighted by molar-refractivity contribution is 5.73. The van der Waals surface area contributed by atoms with Gasteiger partial charge in [-0.3, -0.25) is 4.79 Å². The zero-order valence-electron chi connectivity index (χ0n) is 11.6. The van der Waals surface area contributed by atoms with E-state index in [0.29, 0.717) is 0 Å². The number of fused-ring (bicyclic) bond motifs is 2. The number of aryl methyl sites for hydroxylation is 2. The van der Waals surface area contributed by atoms with Gasteiger partial charge in [-0.25, -0.2) is 0 Å². The Morgan fingerprint density at radius 1 is 1.26 bits per heavy atom. The lowest BCUT2D eigenvalue weighted by Crippen LogP contribution is -2.45. The van der Waals surface area contributed by atoms with Gasteiger partial charge in [-0.1, -0.05) is 43.0 Å². The number of rotatable bonds is 1. The van der Waals surface area contributed by atoms with Crippen molar-refractivity contribution in [2.75, 3.05) is 0 Å². The predicted molar refractivity (Wildman–Crippen MR) is 75.4 cm³/mol. The third-order valence-corrected chi connectivity index (χ3v) is 5.22. The van der Waals surface area contributed by atoms with Crippen molar-refractivity contribution >= 4 is 5.97 Å². The second kappa shape index (κ2) is 4.66. The van der Waals surface area contributed by atoms with E-state index in [1.807, 2.05) is 0 Å². The molecular formula is C17H22O2. The Hall–Kier alpha value is -1.31. The highest BCUT2D eigenvalue weighted by Gasteiger charge is 2.47. The van der Waals surface area contributed by atoms with E-state index in [1.165, 1.54) is 36.0 Å². The zero-order chi connectivity index (χ0) is 13.5. The highest BCUT2D eigenvalue weighted by Crippen LogP contribution is 2.51. The quantitative estimate of drug-likeness (QED) is 0.831. The summed E-state index contributed by atoms with van der Waals surface area (Å²) in [7, 11) is 0. The molecule has 1 aromatic carbocycles. The fourth-order valence-corrected chi connectivity index (χ4v) is 4.30. The third-order valence-electron chi connectivity index (χ3n) is 5.22. The molecule has 3 rings (SSSR count). The van der Waals surface area contributed by atoms with Crippen LogP contribution in [0.25, 0.3) is 0 Å². The van der Waals surface area contributed by atoms with E-state index in [2.05, 4.69) is 25.1 Å². The first-order chi connectivity index (χ1) is 9.13. The molecule has 2 aliphatic carbocycles. The minimum absolute atomic E-state index is 0.0797. The Morgan fingerprint density at radius 2 is 2.00 bits per heavy atom. The maximum Gasteiger partial charge on any atom is 0.307 e. The van der Waals surface area contributed by atoms with Crippen LogP contribution in [0.3, 0.4) is 0 Å². The SMILES string of the molecule is Cc1ccc2c(c1)C1(CCCCC1)C(C(=O)O)CC2. The van der Waals surface area contributed by atoms with Crippen LogP contribution in [0.5, 0.6) is 0 Å². The Kier molecular flexibility index (Phi) is 3.12. The maximum absolute atomic E-state index is 11.7. The van der Waals surface area contributed by atoms with Crippen molar-refractivity contribution in [1.29, 1.82) is 0 Å². The molecule has 0 amide bonds. The Morgan fingerprint density at radius 3 is 2.68 bits per heavy atom. The molecule has 102 valence electrons. The lowest BCUT2D eigenvalue weighted by Gasteiger charge is -2.46. The van der Waals surface area contributed by atoms with Crippen LogP contribution < -0.4 is 0 Å². The van der Waals surface area contributed by atoms with Crippen molar-refractivity contribution in [3.63, 3.8) is 0 Å². The van der Waals surface area contributed by atoms with E-state index >= 15 is 0 Å². The summed E-state index contributed by atoms with van der Waals surface area (Å²) in [5.41, 5.74) is 3.93. The summed E-state index contributed by atoms with van der Waals surface area (Å²) in [6.45, 7) is 2.11. The van der Waals surface area contributed by atoms with Gasteiger partial charge in [-0.2, -0.15) is 0 Å². The molecule has 1 unspecified atom stereocenters. The van der Waals surface area contributed by atoms with Crippen molar-refractivity contribution < 1.29 is 9.90 Å². The number of benzene rings is 1. The maximum atomic E-state index is 11.7. The molecule has 2 aliphatic rings. The van der Waals surface area contributed by atoms with E-state index in [4.69, 9.17) is 0 Å². The monoisotopic (exact) mass is 258 g/mol. The molecule has 0 bridgehead atoms. The standard InChI is InChI=1S/C17H22O2/c1-12-5-6-13-7-8-14(16(18)19)17(15(13)11-12)9-3-2-4-10-17/h5-6,11,14H,2-4,7-10H2,1H3,(H,18,19). The molecule has 1 fully saturated rings. The van der Waals surface area contributed by atoms with Gasteiger partial charge in [-0.05, 0) is 43.7 Å². The minimum Gasteiger partial charge on any atom is -0.481 e. The largest absolute Gasteiger partial charge is 0.481 e. The van der Waals surface area contributed by atoms with Crippen molar-refractivity contribution in [3.05, 3.63) is 34.9 Å². The van der Waals surface area contributed by atoms with Crippen LogP contribution in [0.1, 0.15) is 55.2 Å². The van der Waals surface area contributed by atoms with Gasteiger partial charge >= 0.3 is 5.97 Å². The molecule has 2 heteroatoms. The van der Waals surface area contributed by atoms with Gasteiger partial charge in [0.05, 0.1) is 5.92 Å². The molecule has 1 spiro atoms. The molecule has 1 saturated carbocycles. The summed E-state index contributed by atoms with van der Waals surface area (Å²) in [4.78, 5) is 11.7. The summed E-state index contributed by atoms with van der Waals surface area (Å²) in [5, 5.41) is 9.65. The topological polar surface area (TPSA) is 37.3 Å². The Balaban J connectivity index is 2.13.